The maximum absolute atomic E-state index is 5.71. The molecule has 3 heteroatoms. The first-order valence-corrected chi connectivity index (χ1v) is 8.68. The molecule has 0 aliphatic rings. The van der Waals surface area contributed by atoms with Gasteiger partial charge in [-0.1, -0.05) is 89.4 Å². The van der Waals surface area contributed by atoms with E-state index in [0.29, 0.717) is 0 Å². The van der Waals surface area contributed by atoms with Crippen molar-refractivity contribution in [2.75, 3.05) is 0 Å². The van der Waals surface area contributed by atoms with Gasteiger partial charge in [0.25, 0.3) is 0 Å². The SMILES string of the molecule is Cc1ccccc1Cl.Cc1ccccc1Cl.Cc1ccccc1Cl. The van der Waals surface area contributed by atoms with Crippen LogP contribution in [-0.4, -0.2) is 0 Å². The minimum Gasteiger partial charge on any atom is -0.0841 e. The van der Waals surface area contributed by atoms with Crippen molar-refractivity contribution in [3.8, 4) is 0 Å². The number of benzene rings is 3. The number of rotatable bonds is 0. The van der Waals surface area contributed by atoms with E-state index in [4.69, 9.17) is 34.8 Å². The van der Waals surface area contributed by atoms with Crippen LogP contribution in [0, 0.1) is 20.8 Å². The van der Waals surface area contributed by atoms with Crippen LogP contribution >= 0.6 is 34.8 Å². The molecule has 0 N–H and O–H groups in total. The molecule has 0 nitrogen and oxygen atoms in total. The monoisotopic (exact) mass is 378 g/mol. The zero-order valence-electron chi connectivity index (χ0n) is 14.1. The molecule has 0 saturated heterocycles. The molecule has 0 fully saturated rings. The van der Waals surface area contributed by atoms with Crippen LogP contribution in [0.25, 0.3) is 0 Å². The minimum absolute atomic E-state index is 0.840. The molecule has 0 aliphatic carbocycles. The molecule has 0 aliphatic heterocycles. The number of hydrogen-bond donors (Lipinski definition) is 0. The van der Waals surface area contributed by atoms with E-state index in [0.717, 1.165) is 31.8 Å². The Hall–Kier alpha value is -1.47. The molecule has 0 aromatic heterocycles. The Labute approximate surface area is 160 Å². The largest absolute Gasteiger partial charge is 0.0841 e. The Kier molecular flexibility index (Phi) is 9.56. The Morgan fingerprint density at radius 2 is 0.625 bits per heavy atom. The molecule has 0 unspecified atom stereocenters. The van der Waals surface area contributed by atoms with E-state index in [2.05, 4.69) is 0 Å². The van der Waals surface area contributed by atoms with Crippen molar-refractivity contribution in [2.24, 2.45) is 0 Å². The van der Waals surface area contributed by atoms with Crippen LogP contribution in [0.15, 0.2) is 72.8 Å². The van der Waals surface area contributed by atoms with Gasteiger partial charge in [0.05, 0.1) is 0 Å². The van der Waals surface area contributed by atoms with Crippen LogP contribution in [0.2, 0.25) is 15.1 Å². The molecule has 3 aromatic carbocycles. The number of halogens is 3. The van der Waals surface area contributed by atoms with E-state index in [1.165, 1.54) is 0 Å². The quantitative estimate of drug-likeness (QED) is 0.372. The zero-order valence-corrected chi connectivity index (χ0v) is 16.3. The highest BCUT2D eigenvalue weighted by molar-refractivity contribution is 6.31. The lowest BCUT2D eigenvalue weighted by Gasteiger charge is -1.90. The first kappa shape index (κ1) is 20.6. The molecule has 0 atom stereocenters. The van der Waals surface area contributed by atoms with Crippen molar-refractivity contribution in [2.45, 2.75) is 20.8 Å². The van der Waals surface area contributed by atoms with Crippen molar-refractivity contribution in [3.05, 3.63) is 105 Å². The third-order valence-corrected chi connectivity index (χ3v) is 4.50. The second-order valence-electron chi connectivity index (χ2n) is 5.25. The summed E-state index contributed by atoms with van der Waals surface area (Å²) in [5.74, 6) is 0. The standard InChI is InChI=1S/3C7H7Cl/c3*1-6-4-2-3-5-7(6)8/h3*2-5H,1H3. The molecule has 126 valence electrons. The highest BCUT2D eigenvalue weighted by Crippen LogP contribution is 2.13. The molecule has 3 aromatic rings. The normalized spacial score (nSPS) is 9.25. The molecular weight excluding hydrogens is 359 g/mol. The fourth-order valence-electron chi connectivity index (χ4n) is 1.65. The van der Waals surface area contributed by atoms with Gasteiger partial charge >= 0.3 is 0 Å². The van der Waals surface area contributed by atoms with Gasteiger partial charge in [0.2, 0.25) is 0 Å². The number of hydrogen-bond acceptors (Lipinski definition) is 0. The van der Waals surface area contributed by atoms with Gasteiger partial charge in [-0.3, -0.25) is 0 Å². The van der Waals surface area contributed by atoms with Crippen molar-refractivity contribution in [1.82, 2.24) is 0 Å². The van der Waals surface area contributed by atoms with Gasteiger partial charge in [-0.05, 0) is 55.7 Å². The Balaban J connectivity index is 0.000000180. The van der Waals surface area contributed by atoms with Crippen molar-refractivity contribution in [1.29, 1.82) is 0 Å². The third kappa shape index (κ3) is 7.88. The van der Waals surface area contributed by atoms with Crippen LogP contribution in [0.1, 0.15) is 16.7 Å². The molecular formula is C21H21Cl3. The van der Waals surface area contributed by atoms with E-state index in [1.807, 2.05) is 93.6 Å². The second kappa shape index (κ2) is 11.1. The van der Waals surface area contributed by atoms with Crippen LogP contribution in [0.5, 0.6) is 0 Å². The minimum atomic E-state index is 0.840. The van der Waals surface area contributed by atoms with Gasteiger partial charge in [-0.15, -0.1) is 0 Å². The maximum atomic E-state index is 5.71. The third-order valence-electron chi connectivity index (χ3n) is 3.23. The summed E-state index contributed by atoms with van der Waals surface area (Å²) in [6, 6.07) is 23.3. The molecule has 0 amide bonds. The molecule has 0 spiro atoms. The maximum Gasteiger partial charge on any atom is 0.0435 e. The van der Waals surface area contributed by atoms with E-state index in [-0.39, 0.29) is 0 Å². The summed E-state index contributed by atoms with van der Waals surface area (Å²) in [6.07, 6.45) is 0. The van der Waals surface area contributed by atoms with Gasteiger partial charge in [0, 0.05) is 15.1 Å². The van der Waals surface area contributed by atoms with E-state index >= 15 is 0 Å². The highest BCUT2D eigenvalue weighted by Gasteiger charge is 1.88. The molecule has 0 heterocycles. The van der Waals surface area contributed by atoms with Gasteiger partial charge in [-0.25, -0.2) is 0 Å². The average Bonchev–Trinajstić information content (AvgIpc) is 2.57. The fourth-order valence-corrected chi connectivity index (χ4v) is 2.06. The summed E-state index contributed by atoms with van der Waals surface area (Å²) in [7, 11) is 0. The first-order chi connectivity index (χ1) is 11.4. The molecule has 3 rings (SSSR count). The van der Waals surface area contributed by atoms with Crippen molar-refractivity contribution in [3.63, 3.8) is 0 Å². The zero-order chi connectivity index (χ0) is 17.9. The van der Waals surface area contributed by atoms with E-state index in [9.17, 15) is 0 Å². The van der Waals surface area contributed by atoms with Crippen LogP contribution in [0.4, 0.5) is 0 Å². The van der Waals surface area contributed by atoms with Crippen LogP contribution in [-0.2, 0) is 0 Å². The van der Waals surface area contributed by atoms with E-state index < -0.39 is 0 Å². The van der Waals surface area contributed by atoms with Gasteiger partial charge in [0.15, 0.2) is 0 Å². The summed E-state index contributed by atoms with van der Waals surface area (Å²) in [5, 5.41) is 2.52. The molecule has 0 bridgehead atoms. The predicted octanol–water partition coefficient (Wildman–Crippen LogP) is 7.95. The van der Waals surface area contributed by atoms with Crippen molar-refractivity contribution < 1.29 is 0 Å². The Morgan fingerprint density at radius 1 is 0.417 bits per heavy atom. The number of aryl methyl sites for hydroxylation is 3. The topological polar surface area (TPSA) is 0 Å². The van der Waals surface area contributed by atoms with Crippen LogP contribution < -0.4 is 0 Å². The van der Waals surface area contributed by atoms with Gasteiger partial charge in [-0.2, -0.15) is 0 Å². The Morgan fingerprint density at radius 3 is 0.750 bits per heavy atom. The molecule has 24 heavy (non-hydrogen) atoms. The molecule has 0 saturated carbocycles. The first-order valence-electron chi connectivity index (χ1n) is 7.55. The predicted molar refractivity (Wildman–Crippen MR) is 109 cm³/mol. The van der Waals surface area contributed by atoms with Gasteiger partial charge in [0.1, 0.15) is 0 Å². The molecule has 0 radical (unpaired) electrons. The highest BCUT2D eigenvalue weighted by atomic mass is 35.5. The summed E-state index contributed by atoms with van der Waals surface area (Å²) in [4.78, 5) is 0. The smallest absolute Gasteiger partial charge is 0.0435 e. The second-order valence-corrected chi connectivity index (χ2v) is 6.47. The summed E-state index contributed by atoms with van der Waals surface area (Å²) >= 11 is 17.1. The lowest BCUT2D eigenvalue weighted by atomic mass is 10.2. The van der Waals surface area contributed by atoms with E-state index in [1.54, 1.807) is 0 Å². The van der Waals surface area contributed by atoms with Crippen LogP contribution in [0.3, 0.4) is 0 Å². The lowest BCUT2D eigenvalue weighted by Crippen LogP contribution is -1.68. The summed E-state index contributed by atoms with van der Waals surface area (Å²) in [5.41, 5.74) is 3.40. The van der Waals surface area contributed by atoms with Crippen molar-refractivity contribution >= 4 is 34.8 Å². The Bertz CT molecular complexity index is 585. The fraction of sp³-hybridized carbons (Fsp3) is 0.143. The van der Waals surface area contributed by atoms with Gasteiger partial charge < -0.3 is 0 Å². The lowest BCUT2D eigenvalue weighted by molar-refractivity contribution is 1.47. The average molecular weight is 380 g/mol. The summed E-state index contributed by atoms with van der Waals surface area (Å²) in [6.45, 7) is 5.97. The summed E-state index contributed by atoms with van der Waals surface area (Å²) < 4.78 is 0.